The van der Waals surface area contributed by atoms with E-state index in [0.717, 1.165) is 16.3 Å². The van der Waals surface area contributed by atoms with E-state index in [1.165, 1.54) is 0 Å². The Hall–Kier alpha value is -1.40. The molecule has 1 N–H and O–H groups in total. The molecule has 2 aromatic rings. The lowest BCUT2D eigenvalue weighted by molar-refractivity contribution is -0.142. The van der Waals surface area contributed by atoms with Crippen molar-refractivity contribution in [3.63, 3.8) is 0 Å². The van der Waals surface area contributed by atoms with E-state index in [-0.39, 0.29) is 5.97 Å². The molecule has 0 saturated heterocycles. The summed E-state index contributed by atoms with van der Waals surface area (Å²) in [6.45, 7) is 5.59. The molecule has 6 heteroatoms. The van der Waals surface area contributed by atoms with Gasteiger partial charge in [0.2, 0.25) is 0 Å². The molecule has 0 aliphatic carbocycles. The van der Waals surface area contributed by atoms with Crippen LogP contribution >= 0.6 is 11.3 Å². The van der Waals surface area contributed by atoms with Crippen molar-refractivity contribution in [1.29, 1.82) is 0 Å². The van der Waals surface area contributed by atoms with Gasteiger partial charge >= 0.3 is 5.97 Å². The van der Waals surface area contributed by atoms with Crippen molar-refractivity contribution in [2.45, 2.75) is 26.8 Å². The van der Waals surface area contributed by atoms with Crippen LogP contribution in [0.25, 0.3) is 4.96 Å². The van der Waals surface area contributed by atoms with E-state index in [9.17, 15) is 4.79 Å². The minimum absolute atomic E-state index is 0.157. The number of rotatable bonds is 6. The topological polar surface area (TPSA) is 55.6 Å². The second-order valence-electron chi connectivity index (χ2n) is 3.93. The Bertz CT molecular complexity index is 532. The van der Waals surface area contributed by atoms with Crippen LogP contribution in [0.15, 0.2) is 11.6 Å². The first-order valence-electron chi connectivity index (χ1n) is 5.99. The Kier molecular flexibility index (Phi) is 4.33. The zero-order valence-corrected chi connectivity index (χ0v) is 11.4. The predicted molar refractivity (Wildman–Crippen MR) is 70.8 cm³/mol. The molecule has 18 heavy (non-hydrogen) atoms. The summed E-state index contributed by atoms with van der Waals surface area (Å²) in [5, 5.41) is 5.26. The van der Waals surface area contributed by atoms with Crippen molar-refractivity contribution in [2.75, 3.05) is 13.2 Å². The van der Waals surface area contributed by atoms with Crippen LogP contribution in [0.2, 0.25) is 0 Å². The number of nitrogens with one attached hydrogen (secondary N) is 1. The number of hydrogen-bond donors (Lipinski definition) is 1. The van der Waals surface area contributed by atoms with Crippen LogP contribution in [-0.4, -0.2) is 28.5 Å². The van der Waals surface area contributed by atoms with Gasteiger partial charge in [-0.15, -0.1) is 11.3 Å². The van der Waals surface area contributed by atoms with Crippen LogP contribution < -0.4 is 5.32 Å². The summed E-state index contributed by atoms with van der Waals surface area (Å²) in [6.07, 6.45) is 2.42. The van der Waals surface area contributed by atoms with Crippen molar-refractivity contribution in [3.05, 3.63) is 23.0 Å². The summed E-state index contributed by atoms with van der Waals surface area (Å²) in [5.41, 5.74) is 2.18. The van der Waals surface area contributed by atoms with E-state index in [2.05, 4.69) is 14.7 Å². The Morgan fingerprint density at radius 1 is 1.61 bits per heavy atom. The molecule has 5 nitrogen and oxygen atoms in total. The molecule has 0 radical (unpaired) electrons. The third-order valence-electron chi connectivity index (χ3n) is 2.66. The van der Waals surface area contributed by atoms with Crippen molar-refractivity contribution >= 4 is 22.3 Å². The van der Waals surface area contributed by atoms with Gasteiger partial charge in [-0.1, -0.05) is 0 Å². The van der Waals surface area contributed by atoms with Gasteiger partial charge in [0.05, 0.1) is 24.4 Å². The maximum atomic E-state index is 11.2. The summed E-state index contributed by atoms with van der Waals surface area (Å²) in [4.78, 5) is 16.6. The molecule has 2 aromatic heterocycles. The SMILES string of the molecule is CCOC(=O)CCNCc1c(C)nc2sccn12. The highest BCUT2D eigenvalue weighted by Gasteiger charge is 2.09. The first-order valence-corrected chi connectivity index (χ1v) is 6.87. The summed E-state index contributed by atoms with van der Waals surface area (Å²) in [5.74, 6) is -0.157. The van der Waals surface area contributed by atoms with Crippen LogP contribution in [0.5, 0.6) is 0 Å². The minimum atomic E-state index is -0.157. The molecule has 0 aromatic carbocycles. The maximum absolute atomic E-state index is 11.2. The molecule has 0 aliphatic rings. The summed E-state index contributed by atoms with van der Waals surface area (Å²) < 4.78 is 6.95. The van der Waals surface area contributed by atoms with Gasteiger partial charge in [0.25, 0.3) is 0 Å². The van der Waals surface area contributed by atoms with Crippen molar-refractivity contribution in [1.82, 2.24) is 14.7 Å². The lowest BCUT2D eigenvalue weighted by Gasteiger charge is -2.05. The second kappa shape index (κ2) is 5.97. The third-order valence-corrected chi connectivity index (χ3v) is 3.42. The first kappa shape index (κ1) is 13.0. The molecule has 0 amide bonds. The van der Waals surface area contributed by atoms with Gasteiger partial charge in [-0.05, 0) is 13.8 Å². The van der Waals surface area contributed by atoms with Gasteiger partial charge in [-0.3, -0.25) is 9.20 Å². The highest BCUT2D eigenvalue weighted by atomic mass is 32.1. The Labute approximate surface area is 110 Å². The first-order chi connectivity index (χ1) is 8.72. The Morgan fingerprint density at radius 3 is 3.22 bits per heavy atom. The largest absolute Gasteiger partial charge is 0.466 e. The minimum Gasteiger partial charge on any atom is -0.466 e. The molecule has 0 unspecified atom stereocenters. The predicted octanol–water partition coefficient (Wildman–Crippen LogP) is 1.75. The number of hydrogen-bond acceptors (Lipinski definition) is 5. The fourth-order valence-corrected chi connectivity index (χ4v) is 2.56. The lowest BCUT2D eigenvalue weighted by Crippen LogP contribution is -2.20. The molecule has 0 spiro atoms. The zero-order chi connectivity index (χ0) is 13.0. The smallest absolute Gasteiger partial charge is 0.307 e. The molecule has 0 aliphatic heterocycles. The van der Waals surface area contributed by atoms with E-state index in [1.807, 2.05) is 25.4 Å². The van der Waals surface area contributed by atoms with Gasteiger partial charge in [0.1, 0.15) is 0 Å². The number of aromatic nitrogens is 2. The van der Waals surface area contributed by atoms with Gasteiger partial charge in [0, 0.05) is 24.7 Å². The van der Waals surface area contributed by atoms with Crippen LogP contribution in [-0.2, 0) is 16.1 Å². The van der Waals surface area contributed by atoms with E-state index in [1.54, 1.807) is 11.3 Å². The van der Waals surface area contributed by atoms with Crippen LogP contribution in [0.1, 0.15) is 24.7 Å². The molecule has 0 saturated carbocycles. The summed E-state index contributed by atoms with van der Waals surface area (Å²) >= 11 is 1.62. The van der Waals surface area contributed by atoms with E-state index < -0.39 is 0 Å². The van der Waals surface area contributed by atoms with Gasteiger partial charge in [-0.25, -0.2) is 4.98 Å². The number of fused-ring (bicyclic) bond motifs is 1. The Balaban J connectivity index is 1.85. The number of thiazole rings is 1. The number of aryl methyl sites for hydroxylation is 1. The molecule has 98 valence electrons. The fourth-order valence-electron chi connectivity index (χ4n) is 1.78. The maximum Gasteiger partial charge on any atom is 0.307 e. The van der Waals surface area contributed by atoms with Crippen molar-refractivity contribution in [3.8, 4) is 0 Å². The van der Waals surface area contributed by atoms with E-state index in [4.69, 9.17) is 4.74 Å². The highest BCUT2D eigenvalue weighted by Crippen LogP contribution is 2.16. The number of esters is 1. The van der Waals surface area contributed by atoms with Gasteiger partial charge in [-0.2, -0.15) is 0 Å². The van der Waals surface area contributed by atoms with E-state index in [0.29, 0.717) is 26.1 Å². The van der Waals surface area contributed by atoms with Gasteiger partial charge in [0.15, 0.2) is 4.96 Å². The average molecular weight is 267 g/mol. The monoisotopic (exact) mass is 267 g/mol. The number of nitrogens with zero attached hydrogens (tertiary/aromatic N) is 2. The summed E-state index contributed by atoms with van der Waals surface area (Å²) in [6, 6.07) is 0. The number of imidazole rings is 1. The molecule has 2 rings (SSSR count). The quantitative estimate of drug-likeness (QED) is 0.640. The molecule has 0 bridgehead atoms. The van der Waals surface area contributed by atoms with Gasteiger partial charge < -0.3 is 10.1 Å². The number of carbonyl (C=O) groups is 1. The fraction of sp³-hybridized carbons (Fsp3) is 0.500. The Morgan fingerprint density at radius 2 is 2.44 bits per heavy atom. The molecular weight excluding hydrogens is 250 g/mol. The van der Waals surface area contributed by atoms with Crippen LogP contribution in [0.4, 0.5) is 0 Å². The average Bonchev–Trinajstić information content (AvgIpc) is 2.87. The van der Waals surface area contributed by atoms with Crippen LogP contribution in [0, 0.1) is 6.92 Å². The normalized spacial score (nSPS) is 11.0. The summed E-state index contributed by atoms with van der Waals surface area (Å²) in [7, 11) is 0. The second-order valence-corrected chi connectivity index (χ2v) is 4.80. The van der Waals surface area contributed by atoms with Crippen LogP contribution in [0.3, 0.4) is 0 Å². The van der Waals surface area contributed by atoms with Crippen molar-refractivity contribution in [2.24, 2.45) is 0 Å². The lowest BCUT2D eigenvalue weighted by atomic mass is 10.3. The highest BCUT2D eigenvalue weighted by molar-refractivity contribution is 7.15. The molecule has 0 atom stereocenters. The third kappa shape index (κ3) is 2.88. The van der Waals surface area contributed by atoms with E-state index >= 15 is 0 Å². The molecule has 0 fully saturated rings. The number of ether oxygens (including phenoxy) is 1. The molecule has 2 heterocycles. The zero-order valence-electron chi connectivity index (χ0n) is 10.6. The molecular formula is C12H17N3O2S. The standard InChI is InChI=1S/C12H17N3O2S/c1-3-17-11(16)4-5-13-8-10-9(2)14-12-15(10)6-7-18-12/h6-7,13H,3-5,8H2,1-2H3. The number of carbonyl (C=O) groups excluding carboxylic acids is 1. The van der Waals surface area contributed by atoms with Crippen molar-refractivity contribution < 1.29 is 9.53 Å².